The van der Waals surface area contributed by atoms with Crippen molar-refractivity contribution in [1.82, 2.24) is 10.2 Å². The van der Waals surface area contributed by atoms with E-state index in [9.17, 15) is 9.59 Å². The molecule has 3 aromatic rings. The van der Waals surface area contributed by atoms with Crippen LogP contribution in [0.15, 0.2) is 76.9 Å². The zero-order valence-electron chi connectivity index (χ0n) is 16.6. The van der Waals surface area contributed by atoms with Crippen molar-refractivity contribution in [3.8, 4) is 5.75 Å². The first-order valence-corrected chi connectivity index (χ1v) is 11.2. The Kier molecular flexibility index (Phi) is 6.84. The van der Waals surface area contributed by atoms with Crippen molar-refractivity contribution in [3.63, 3.8) is 0 Å². The monoisotopic (exact) mass is 530 g/mol. The van der Waals surface area contributed by atoms with E-state index in [0.717, 1.165) is 20.5 Å². The number of hydrogen-bond donors (Lipinski definition) is 1. The standard InChI is InChI=1S/C24H17BrCl2N2O3/c25-18-8-6-15(7-9-18)13-29-23(30)21(28-24(29)31)12-17-10-19(26)22(20(27)11-17)32-14-16-4-2-1-3-5-16/h1-12H,13-14H2,(H,28,31)/b21-12+. The molecule has 8 heteroatoms. The minimum absolute atomic E-state index is 0.150. The van der Waals surface area contributed by atoms with Crippen molar-refractivity contribution in [3.05, 3.63) is 104 Å². The second kappa shape index (κ2) is 9.77. The molecule has 0 radical (unpaired) electrons. The lowest BCUT2D eigenvalue weighted by atomic mass is 10.1. The Bertz CT molecular complexity index is 1170. The van der Waals surface area contributed by atoms with Crippen LogP contribution in [0.25, 0.3) is 6.08 Å². The number of nitrogens with one attached hydrogen (secondary N) is 1. The lowest BCUT2D eigenvalue weighted by molar-refractivity contribution is -0.123. The zero-order chi connectivity index (χ0) is 22.7. The lowest BCUT2D eigenvalue weighted by Gasteiger charge is -2.12. The highest BCUT2D eigenvalue weighted by atomic mass is 79.9. The fourth-order valence-electron chi connectivity index (χ4n) is 3.18. The topological polar surface area (TPSA) is 58.6 Å². The maximum atomic E-state index is 12.8. The number of carbonyl (C=O) groups excluding carboxylic acids is 2. The van der Waals surface area contributed by atoms with Crippen LogP contribution in [0, 0.1) is 0 Å². The van der Waals surface area contributed by atoms with E-state index in [1.807, 2.05) is 54.6 Å². The first-order valence-electron chi connectivity index (χ1n) is 9.65. The van der Waals surface area contributed by atoms with Crippen molar-refractivity contribution in [1.29, 1.82) is 0 Å². The summed E-state index contributed by atoms with van der Waals surface area (Å²) in [7, 11) is 0. The van der Waals surface area contributed by atoms with Gasteiger partial charge in [0.25, 0.3) is 5.91 Å². The molecule has 3 aromatic carbocycles. The summed E-state index contributed by atoms with van der Waals surface area (Å²) in [4.78, 5) is 26.2. The van der Waals surface area contributed by atoms with Gasteiger partial charge in [0.2, 0.25) is 0 Å². The molecular formula is C24H17BrCl2N2O3. The normalized spacial score (nSPS) is 14.7. The van der Waals surface area contributed by atoms with Gasteiger partial charge < -0.3 is 10.1 Å². The lowest BCUT2D eigenvalue weighted by Crippen LogP contribution is -2.30. The predicted molar refractivity (Wildman–Crippen MR) is 128 cm³/mol. The number of ether oxygens (including phenoxy) is 1. The number of nitrogens with zero attached hydrogens (tertiary/aromatic N) is 1. The number of rotatable bonds is 6. The van der Waals surface area contributed by atoms with E-state index in [1.54, 1.807) is 18.2 Å². The van der Waals surface area contributed by atoms with Gasteiger partial charge in [-0.05, 0) is 47.0 Å². The summed E-state index contributed by atoms with van der Waals surface area (Å²) < 4.78 is 6.70. The van der Waals surface area contributed by atoms with Crippen LogP contribution in [0.5, 0.6) is 5.75 Å². The van der Waals surface area contributed by atoms with Crippen LogP contribution in [-0.4, -0.2) is 16.8 Å². The summed E-state index contributed by atoms with van der Waals surface area (Å²) in [6.07, 6.45) is 1.54. The van der Waals surface area contributed by atoms with Crippen molar-refractivity contribution in [2.24, 2.45) is 0 Å². The number of amides is 3. The van der Waals surface area contributed by atoms with E-state index in [2.05, 4.69) is 21.2 Å². The summed E-state index contributed by atoms with van der Waals surface area (Å²) in [5.41, 5.74) is 2.54. The molecule has 1 aliphatic rings. The average molecular weight is 532 g/mol. The Morgan fingerprint density at radius 1 is 0.938 bits per heavy atom. The molecule has 0 aliphatic carbocycles. The van der Waals surface area contributed by atoms with E-state index < -0.39 is 11.9 Å². The van der Waals surface area contributed by atoms with Gasteiger partial charge in [0.15, 0.2) is 5.75 Å². The van der Waals surface area contributed by atoms with Crippen molar-refractivity contribution in [2.75, 3.05) is 0 Å². The summed E-state index contributed by atoms with van der Waals surface area (Å²) in [6.45, 7) is 0.489. The van der Waals surface area contributed by atoms with Crippen LogP contribution in [0.2, 0.25) is 10.0 Å². The summed E-state index contributed by atoms with van der Waals surface area (Å²) in [6, 6.07) is 19.8. The second-order valence-electron chi connectivity index (χ2n) is 7.09. The van der Waals surface area contributed by atoms with E-state index in [1.165, 1.54) is 0 Å². The molecule has 1 aliphatic heterocycles. The number of hydrogen-bond acceptors (Lipinski definition) is 3. The Hall–Kier alpha value is -2.80. The molecule has 0 aromatic heterocycles. The molecule has 0 saturated carbocycles. The van der Waals surface area contributed by atoms with E-state index in [4.69, 9.17) is 27.9 Å². The smallest absolute Gasteiger partial charge is 0.329 e. The van der Waals surface area contributed by atoms with Gasteiger partial charge in [-0.2, -0.15) is 0 Å². The molecule has 0 spiro atoms. The van der Waals surface area contributed by atoms with Crippen LogP contribution < -0.4 is 10.1 Å². The van der Waals surface area contributed by atoms with E-state index in [-0.39, 0.29) is 12.2 Å². The van der Waals surface area contributed by atoms with Crippen molar-refractivity contribution in [2.45, 2.75) is 13.2 Å². The van der Waals surface area contributed by atoms with E-state index in [0.29, 0.717) is 28.0 Å². The maximum absolute atomic E-state index is 12.8. The van der Waals surface area contributed by atoms with Gasteiger partial charge in [0.05, 0.1) is 16.6 Å². The minimum atomic E-state index is -0.482. The van der Waals surface area contributed by atoms with Gasteiger partial charge in [0.1, 0.15) is 12.3 Å². The third kappa shape index (κ3) is 5.15. The van der Waals surface area contributed by atoms with Gasteiger partial charge in [-0.25, -0.2) is 4.79 Å². The molecule has 1 fully saturated rings. The zero-order valence-corrected chi connectivity index (χ0v) is 19.7. The van der Waals surface area contributed by atoms with Gasteiger partial charge in [-0.3, -0.25) is 9.69 Å². The molecule has 5 nitrogen and oxygen atoms in total. The number of benzene rings is 3. The minimum Gasteiger partial charge on any atom is -0.486 e. The second-order valence-corrected chi connectivity index (χ2v) is 8.82. The molecule has 32 heavy (non-hydrogen) atoms. The number of halogens is 3. The summed E-state index contributed by atoms with van der Waals surface area (Å²) in [5, 5.41) is 3.22. The molecule has 1 heterocycles. The molecule has 0 unspecified atom stereocenters. The van der Waals surface area contributed by atoms with Crippen LogP contribution in [0.1, 0.15) is 16.7 Å². The molecule has 1 saturated heterocycles. The Morgan fingerprint density at radius 2 is 1.59 bits per heavy atom. The predicted octanol–water partition coefficient (Wildman–Crippen LogP) is 6.43. The van der Waals surface area contributed by atoms with Crippen LogP contribution >= 0.6 is 39.1 Å². The quantitative estimate of drug-likeness (QED) is 0.294. The summed E-state index contributed by atoms with van der Waals surface area (Å²) in [5.74, 6) is -0.0625. The SMILES string of the molecule is O=C1N/C(=C/c2cc(Cl)c(OCc3ccccc3)c(Cl)c2)C(=O)N1Cc1ccc(Br)cc1. The molecule has 162 valence electrons. The van der Waals surface area contributed by atoms with Gasteiger partial charge in [0, 0.05) is 4.47 Å². The molecule has 3 amide bonds. The fraction of sp³-hybridized carbons (Fsp3) is 0.0833. The fourth-order valence-corrected chi connectivity index (χ4v) is 4.06. The largest absolute Gasteiger partial charge is 0.486 e. The van der Waals surface area contributed by atoms with Gasteiger partial charge >= 0.3 is 6.03 Å². The highest BCUT2D eigenvalue weighted by Crippen LogP contribution is 2.35. The Morgan fingerprint density at radius 3 is 2.25 bits per heavy atom. The molecule has 4 rings (SSSR count). The van der Waals surface area contributed by atoms with Crippen LogP contribution in [0.3, 0.4) is 0 Å². The third-order valence-corrected chi connectivity index (χ3v) is 5.86. The van der Waals surface area contributed by atoms with Crippen molar-refractivity contribution >= 4 is 57.1 Å². The Labute approximate surface area is 203 Å². The molecule has 1 N–H and O–H groups in total. The number of carbonyl (C=O) groups is 2. The van der Waals surface area contributed by atoms with Gasteiger partial charge in [-0.15, -0.1) is 0 Å². The van der Waals surface area contributed by atoms with Crippen LogP contribution in [0.4, 0.5) is 4.79 Å². The highest BCUT2D eigenvalue weighted by molar-refractivity contribution is 9.10. The molecule has 0 atom stereocenters. The van der Waals surface area contributed by atoms with Crippen LogP contribution in [-0.2, 0) is 17.9 Å². The van der Waals surface area contributed by atoms with Gasteiger partial charge in [-0.1, -0.05) is 81.6 Å². The molecular weight excluding hydrogens is 515 g/mol. The number of imide groups is 1. The van der Waals surface area contributed by atoms with E-state index >= 15 is 0 Å². The summed E-state index contributed by atoms with van der Waals surface area (Å²) >= 11 is 16.1. The Balaban J connectivity index is 1.50. The first-order chi connectivity index (χ1) is 15.4. The van der Waals surface area contributed by atoms with Crippen molar-refractivity contribution < 1.29 is 14.3 Å². The molecule has 0 bridgehead atoms. The number of urea groups is 1. The average Bonchev–Trinajstić information content (AvgIpc) is 3.02. The maximum Gasteiger partial charge on any atom is 0.329 e. The highest BCUT2D eigenvalue weighted by Gasteiger charge is 2.33. The third-order valence-electron chi connectivity index (χ3n) is 4.77. The first kappa shape index (κ1) is 22.4.